The molecule has 0 fully saturated rings. The number of carbonyl (C=O) groups is 1. The average molecular weight is 564 g/mol. The van der Waals surface area contributed by atoms with Gasteiger partial charge in [0.1, 0.15) is 12.4 Å². The third-order valence-corrected chi connectivity index (χ3v) is 6.03. The van der Waals surface area contributed by atoms with Crippen molar-refractivity contribution in [3.63, 3.8) is 0 Å². The Balaban J connectivity index is 1.60. The number of ether oxygens (including phenoxy) is 2. The molecular formula is C28H26BrN3O5. The van der Waals surface area contributed by atoms with Gasteiger partial charge >= 0.3 is 5.97 Å². The number of aryl methyl sites for hydroxylation is 1. The van der Waals surface area contributed by atoms with E-state index in [-0.39, 0.29) is 17.7 Å². The molecule has 3 aromatic carbocycles. The van der Waals surface area contributed by atoms with Crippen molar-refractivity contribution in [1.29, 1.82) is 0 Å². The Morgan fingerprint density at radius 1 is 1.05 bits per heavy atom. The zero-order valence-electron chi connectivity index (χ0n) is 20.5. The summed E-state index contributed by atoms with van der Waals surface area (Å²) in [6.45, 7) is 4.60. The predicted octanol–water partition coefficient (Wildman–Crippen LogP) is 5.67. The zero-order chi connectivity index (χ0) is 26.4. The molecule has 0 atom stereocenters. The molecule has 190 valence electrons. The first-order valence-corrected chi connectivity index (χ1v) is 12.7. The molecule has 4 aromatic rings. The van der Waals surface area contributed by atoms with E-state index in [0.29, 0.717) is 41.3 Å². The predicted molar refractivity (Wildman–Crippen MR) is 146 cm³/mol. The van der Waals surface area contributed by atoms with Gasteiger partial charge in [-0.25, -0.2) is 9.78 Å². The van der Waals surface area contributed by atoms with Crippen molar-refractivity contribution in [2.45, 2.75) is 33.3 Å². The molecule has 0 aliphatic carbocycles. The summed E-state index contributed by atoms with van der Waals surface area (Å²) in [4.78, 5) is 28.9. The van der Waals surface area contributed by atoms with Crippen LogP contribution in [0.5, 0.6) is 11.5 Å². The van der Waals surface area contributed by atoms with E-state index in [0.717, 1.165) is 22.0 Å². The van der Waals surface area contributed by atoms with Crippen LogP contribution in [0.15, 0.2) is 75.0 Å². The van der Waals surface area contributed by atoms with Crippen LogP contribution in [-0.4, -0.2) is 33.6 Å². The minimum Gasteiger partial charge on any atom is -0.490 e. The minimum absolute atomic E-state index is 0.220. The van der Waals surface area contributed by atoms with Crippen molar-refractivity contribution in [1.82, 2.24) is 9.66 Å². The Hall–Kier alpha value is -3.98. The number of fused-ring (bicyclic) bond motifs is 1. The van der Waals surface area contributed by atoms with Gasteiger partial charge in [0, 0.05) is 10.9 Å². The fourth-order valence-corrected chi connectivity index (χ4v) is 4.08. The Morgan fingerprint density at radius 2 is 1.84 bits per heavy atom. The lowest BCUT2D eigenvalue weighted by atomic mass is 10.1. The topological polar surface area (TPSA) is 103 Å². The Kier molecular flexibility index (Phi) is 8.35. The molecule has 1 N–H and O–H groups in total. The summed E-state index contributed by atoms with van der Waals surface area (Å²) in [5.41, 5.74) is 2.19. The van der Waals surface area contributed by atoms with Crippen molar-refractivity contribution >= 4 is 39.0 Å². The molecule has 37 heavy (non-hydrogen) atoms. The average Bonchev–Trinajstić information content (AvgIpc) is 2.89. The highest BCUT2D eigenvalue weighted by molar-refractivity contribution is 9.10. The van der Waals surface area contributed by atoms with Crippen molar-refractivity contribution in [2.75, 3.05) is 6.61 Å². The number of hydrogen-bond donors (Lipinski definition) is 1. The molecule has 0 radical (unpaired) electrons. The van der Waals surface area contributed by atoms with Gasteiger partial charge < -0.3 is 14.6 Å². The second-order valence-corrected chi connectivity index (χ2v) is 9.15. The molecule has 0 aliphatic rings. The van der Waals surface area contributed by atoms with Crippen LogP contribution in [0.2, 0.25) is 0 Å². The molecule has 4 rings (SSSR count). The van der Waals surface area contributed by atoms with Crippen LogP contribution in [0.4, 0.5) is 0 Å². The fraction of sp³-hybridized carbons (Fsp3) is 0.214. The van der Waals surface area contributed by atoms with Crippen LogP contribution in [0.25, 0.3) is 10.9 Å². The second kappa shape index (κ2) is 11.8. The van der Waals surface area contributed by atoms with Gasteiger partial charge in [-0.1, -0.05) is 35.0 Å². The van der Waals surface area contributed by atoms with Crippen LogP contribution >= 0.6 is 15.9 Å². The molecule has 0 saturated heterocycles. The molecule has 1 heterocycles. The van der Waals surface area contributed by atoms with Crippen molar-refractivity contribution in [3.05, 3.63) is 98.0 Å². The van der Waals surface area contributed by atoms with Gasteiger partial charge in [0.2, 0.25) is 0 Å². The monoisotopic (exact) mass is 563 g/mol. The van der Waals surface area contributed by atoms with Crippen molar-refractivity contribution in [3.8, 4) is 11.5 Å². The van der Waals surface area contributed by atoms with E-state index in [1.807, 2.05) is 32.0 Å². The molecule has 0 unspecified atom stereocenters. The normalized spacial score (nSPS) is 11.2. The number of carboxylic acid groups (broad SMARTS) is 1. The largest absolute Gasteiger partial charge is 0.490 e. The molecule has 0 amide bonds. The lowest BCUT2D eigenvalue weighted by molar-refractivity contribution is 0.0697. The molecule has 9 heteroatoms. The molecule has 0 bridgehead atoms. The first-order chi connectivity index (χ1) is 17.9. The Morgan fingerprint density at radius 3 is 2.54 bits per heavy atom. The lowest BCUT2D eigenvalue weighted by Crippen LogP contribution is -2.22. The third-order valence-electron chi connectivity index (χ3n) is 5.53. The summed E-state index contributed by atoms with van der Waals surface area (Å²) < 4.78 is 13.9. The molecule has 0 aliphatic heterocycles. The van der Waals surface area contributed by atoms with Gasteiger partial charge in [-0.3, -0.25) is 4.79 Å². The highest BCUT2D eigenvalue weighted by atomic mass is 79.9. The van der Waals surface area contributed by atoms with Crippen LogP contribution in [-0.2, 0) is 13.0 Å². The number of halogens is 1. The van der Waals surface area contributed by atoms with E-state index in [9.17, 15) is 9.59 Å². The van der Waals surface area contributed by atoms with Gasteiger partial charge in [-0.05, 0) is 73.0 Å². The first kappa shape index (κ1) is 26.1. The van der Waals surface area contributed by atoms with E-state index in [1.54, 1.807) is 48.7 Å². The summed E-state index contributed by atoms with van der Waals surface area (Å²) in [5.74, 6) is 0.704. The van der Waals surface area contributed by atoms with Crippen LogP contribution in [0.1, 0.15) is 47.6 Å². The van der Waals surface area contributed by atoms with E-state index < -0.39 is 5.97 Å². The van der Waals surface area contributed by atoms with E-state index in [2.05, 4.69) is 26.0 Å². The summed E-state index contributed by atoms with van der Waals surface area (Å²) in [6.07, 6.45) is 3.04. The highest BCUT2D eigenvalue weighted by Gasteiger charge is 2.11. The van der Waals surface area contributed by atoms with Crippen molar-refractivity contribution < 1.29 is 19.4 Å². The number of carboxylic acids is 1. The number of aromatic nitrogens is 2. The number of nitrogens with zero attached hydrogens (tertiary/aromatic N) is 3. The molecule has 0 saturated carbocycles. The van der Waals surface area contributed by atoms with E-state index in [4.69, 9.17) is 14.6 Å². The Bertz CT molecular complexity index is 1510. The molecule has 1 aromatic heterocycles. The summed E-state index contributed by atoms with van der Waals surface area (Å²) in [7, 11) is 0. The van der Waals surface area contributed by atoms with Crippen LogP contribution in [0, 0.1) is 0 Å². The quantitative estimate of drug-likeness (QED) is 0.249. The van der Waals surface area contributed by atoms with Gasteiger partial charge in [-0.2, -0.15) is 9.78 Å². The van der Waals surface area contributed by atoms with Gasteiger partial charge in [-0.15, -0.1) is 0 Å². The summed E-state index contributed by atoms with van der Waals surface area (Å²) in [6, 6.07) is 17.3. The van der Waals surface area contributed by atoms with E-state index >= 15 is 0 Å². The molecule has 0 spiro atoms. The number of hydrogen-bond acceptors (Lipinski definition) is 6. The standard InChI is InChI=1S/C28H26BrN3O5/c1-3-5-26-31-23-12-11-21(29)15-22(23)27(33)32(26)30-16-19-8-13-24(25(14-19)36-4-2)37-17-18-6-9-20(10-7-18)28(34)35/h6-16H,3-5,17H2,1-2H3,(H,34,35). The zero-order valence-corrected chi connectivity index (χ0v) is 22.1. The third kappa shape index (κ3) is 6.24. The van der Waals surface area contributed by atoms with Crippen LogP contribution in [0.3, 0.4) is 0 Å². The van der Waals surface area contributed by atoms with Gasteiger partial charge in [0.15, 0.2) is 11.5 Å². The maximum Gasteiger partial charge on any atom is 0.335 e. The number of aromatic carboxylic acids is 1. The first-order valence-electron chi connectivity index (χ1n) is 11.9. The second-order valence-electron chi connectivity index (χ2n) is 8.23. The van der Waals surface area contributed by atoms with E-state index in [1.165, 1.54) is 4.68 Å². The van der Waals surface area contributed by atoms with Crippen LogP contribution < -0.4 is 15.0 Å². The maximum absolute atomic E-state index is 13.2. The number of benzene rings is 3. The number of rotatable bonds is 10. The summed E-state index contributed by atoms with van der Waals surface area (Å²) in [5, 5.41) is 14.0. The van der Waals surface area contributed by atoms with Gasteiger partial charge in [0.25, 0.3) is 5.56 Å². The SMILES string of the molecule is CCCc1nc2ccc(Br)cc2c(=O)n1N=Cc1ccc(OCc2ccc(C(=O)O)cc2)c(OCC)c1. The van der Waals surface area contributed by atoms with Crippen molar-refractivity contribution in [2.24, 2.45) is 5.10 Å². The maximum atomic E-state index is 13.2. The molecule has 8 nitrogen and oxygen atoms in total. The van der Waals surface area contributed by atoms with Gasteiger partial charge in [0.05, 0.1) is 29.3 Å². The smallest absolute Gasteiger partial charge is 0.335 e. The fourth-order valence-electron chi connectivity index (χ4n) is 3.72. The Labute approximate surface area is 222 Å². The molecular weight excluding hydrogens is 538 g/mol. The minimum atomic E-state index is -0.972. The highest BCUT2D eigenvalue weighted by Crippen LogP contribution is 2.29. The summed E-state index contributed by atoms with van der Waals surface area (Å²) >= 11 is 3.42. The lowest BCUT2D eigenvalue weighted by Gasteiger charge is -2.13.